The molecule has 29 heavy (non-hydrogen) atoms. The van der Waals surface area contributed by atoms with Gasteiger partial charge in [-0.25, -0.2) is 19.4 Å². The minimum absolute atomic E-state index is 0.282. The van der Waals surface area contributed by atoms with Crippen LogP contribution in [0.4, 0.5) is 24.5 Å². The van der Waals surface area contributed by atoms with E-state index >= 15 is 0 Å². The van der Waals surface area contributed by atoms with Crippen LogP contribution in [-0.4, -0.2) is 41.1 Å². The lowest BCUT2D eigenvalue weighted by Crippen LogP contribution is -2.42. The number of aliphatic carboxylic acids is 1. The van der Waals surface area contributed by atoms with E-state index in [0.717, 1.165) is 6.08 Å². The van der Waals surface area contributed by atoms with Crippen LogP contribution in [0.3, 0.4) is 0 Å². The first-order valence-corrected chi connectivity index (χ1v) is 7.75. The smallest absolute Gasteiger partial charge is 0.481 e. The van der Waals surface area contributed by atoms with Gasteiger partial charge in [-0.15, -0.1) is 0 Å². The zero-order valence-electron chi connectivity index (χ0n) is 14.6. The molecule has 13 heteroatoms. The van der Waals surface area contributed by atoms with Crippen molar-refractivity contribution in [1.29, 1.82) is 0 Å². The second-order valence-electron chi connectivity index (χ2n) is 5.49. The monoisotopic (exact) mass is 419 g/mol. The maximum Gasteiger partial charge on any atom is 0.495 e. The standard InChI is InChI=1S/C16H16F3N3O7/c17-16(18,19)15(27)29-28-14(26)11(4-6-13(24)25)22-12(23)5-1-8-7-9(20)2-3-10(8)21/h1-3,5,7,11H,4,6,20-21H2,(H,22,23)(H,24,25)/b5-1+/t11-/m0/s1. The molecular formula is C16H16F3N3O7. The molecule has 0 aliphatic carbocycles. The Balaban J connectivity index is 2.80. The molecule has 0 aliphatic rings. The predicted molar refractivity (Wildman–Crippen MR) is 91.3 cm³/mol. The summed E-state index contributed by atoms with van der Waals surface area (Å²) in [5, 5.41) is 10.7. The van der Waals surface area contributed by atoms with Gasteiger partial charge in [-0.2, -0.15) is 13.2 Å². The molecule has 0 aliphatic heterocycles. The highest BCUT2D eigenvalue weighted by atomic mass is 19.4. The van der Waals surface area contributed by atoms with Gasteiger partial charge in [0.2, 0.25) is 5.91 Å². The van der Waals surface area contributed by atoms with E-state index in [-0.39, 0.29) is 5.69 Å². The van der Waals surface area contributed by atoms with E-state index in [4.69, 9.17) is 16.6 Å². The zero-order valence-corrected chi connectivity index (χ0v) is 14.6. The molecule has 0 aromatic heterocycles. The van der Waals surface area contributed by atoms with Gasteiger partial charge in [-0.3, -0.25) is 9.59 Å². The lowest BCUT2D eigenvalue weighted by molar-refractivity contribution is -0.286. The number of hydrogen-bond acceptors (Lipinski definition) is 8. The molecule has 10 nitrogen and oxygen atoms in total. The molecule has 0 saturated carbocycles. The maximum atomic E-state index is 12.0. The highest BCUT2D eigenvalue weighted by molar-refractivity contribution is 5.95. The van der Waals surface area contributed by atoms with Crippen molar-refractivity contribution in [3.05, 3.63) is 29.8 Å². The number of carbonyl (C=O) groups is 4. The SMILES string of the molecule is Nc1ccc(N)c(/C=C/C(=O)N[C@@H](CCC(=O)O)C(=O)OOC(=O)C(F)(F)F)c1. The lowest BCUT2D eigenvalue weighted by atomic mass is 10.1. The fourth-order valence-electron chi connectivity index (χ4n) is 1.82. The third-order valence-electron chi connectivity index (χ3n) is 3.20. The minimum Gasteiger partial charge on any atom is -0.481 e. The summed E-state index contributed by atoms with van der Waals surface area (Å²) >= 11 is 0. The Bertz CT molecular complexity index is 824. The summed E-state index contributed by atoms with van der Waals surface area (Å²) in [5.74, 6) is -6.69. The van der Waals surface area contributed by atoms with E-state index in [0.29, 0.717) is 11.3 Å². The minimum atomic E-state index is -5.42. The average Bonchev–Trinajstić information content (AvgIpc) is 2.62. The lowest BCUT2D eigenvalue weighted by Gasteiger charge is -2.14. The normalized spacial score (nSPS) is 12.2. The Morgan fingerprint density at radius 3 is 2.41 bits per heavy atom. The van der Waals surface area contributed by atoms with Gasteiger partial charge in [0.25, 0.3) is 0 Å². The van der Waals surface area contributed by atoms with Gasteiger partial charge in [0, 0.05) is 23.9 Å². The Labute approximate surface area is 161 Å². The van der Waals surface area contributed by atoms with E-state index in [2.05, 4.69) is 9.78 Å². The third kappa shape index (κ3) is 8.19. The molecular weight excluding hydrogens is 403 g/mol. The van der Waals surface area contributed by atoms with Crippen LogP contribution in [0.1, 0.15) is 18.4 Å². The topological polar surface area (TPSA) is 171 Å². The van der Waals surface area contributed by atoms with Gasteiger partial charge in [0.15, 0.2) is 0 Å². The fourth-order valence-corrected chi connectivity index (χ4v) is 1.82. The third-order valence-corrected chi connectivity index (χ3v) is 3.20. The number of nitrogens with one attached hydrogen (secondary N) is 1. The number of alkyl halides is 3. The number of carboxylic acids is 1. The van der Waals surface area contributed by atoms with E-state index in [1.807, 2.05) is 5.32 Å². The van der Waals surface area contributed by atoms with Crippen molar-refractivity contribution < 1.29 is 47.2 Å². The number of rotatable bonds is 7. The molecule has 158 valence electrons. The highest BCUT2D eigenvalue weighted by Gasteiger charge is 2.43. The van der Waals surface area contributed by atoms with Crippen LogP contribution in [0.2, 0.25) is 0 Å². The van der Waals surface area contributed by atoms with Crippen LogP contribution in [0.25, 0.3) is 6.08 Å². The molecule has 0 saturated heterocycles. The van der Waals surface area contributed by atoms with E-state index in [9.17, 15) is 32.3 Å². The van der Waals surface area contributed by atoms with Crippen molar-refractivity contribution in [3.63, 3.8) is 0 Å². The summed E-state index contributed by atoms with van der Waals surface area (Å²) in [7, 11) is 0. The van der Waals surface area contributed by atoms with Gasteiger partial charge < -0.3 is 21.9 Å². The van der Waals surface area contributed by atoms with Crippen molar-refractivity contribution in [2.24, 2.45) is 0 Å². The Hall–Kier alpha value is -3.77. The number of anilines is 2. The molecule has 1 aromatic rings. The first kappa shape index (κ1) is 23.3. The molecule has 6 N–H and O–H groups in total. The van der Waals surface area contributed by atoms with Gasteiger partial charge in [0.1, 0.15) is 6.04 Å². The van der Waals surface area contributed by atoms with Crippen LogP contribution in [-0.2, 0) is 29.0 Å². The van der Waals surface area contributed by atoms with Crippen molar-refractivity contribution in [2.75, 3.05) is 11.5 Å². The molecule has 0 radical (unpaired) electrons. The Kier molecular flexibility index (Phi) is 7.99. The number of benzene rings is 1. The predicted octanol–water partition coefficient (Wildman–Crippen LogP) is 0.777. The highest BCUT2D eigenvalue weighted by Crippen LogP contribution is 2.18. The number of hydrogen-bond donors (Lipinski definition) is 4. The van der Waals surface area contributed by atoms with Crippen LogP contribution in [0, 0.1) is 0 Å². The van der Waals surface area contributed by atoms with Crippen molar-refractivity contribution in [2.45, 2.75) is 25.1 Å². The number of amides is 1. The summed E-state index contributed by atoms with van der Waals surface area (Å²) in [6.45, 7) is 0. The molecule has 0 spiro atoms. The van der Waals surface area contributed by atoms with Crippen LogP contribution in [0.5, 0.6) is 0 Å². The fraction of sp³-hybridized carbons (Fsp3) is 0.250. The van der Waals surface area contributed by atoms with Crippen LogP contribution >= 0.6 is 0 Å². The van der Waals surface area contributed by atoms with Crippen molar-refractivity contribution in [3.8, 4) is 0 Å². The van der Waals surface area contributed by atoms with E-state index < -0.39 is 48.9 Å². The Morgan fingerprint density at radius 1 is 1.17 bits per heavy atom. The molecule has 1 rings (SSSR count). The molecule has 1 atom stereocenters. The van der Waals surface area contributed by atoms with E-state index in [1.165, 1.54) is 24.3 Å². The first-order valence-electron chi connectivity index (χ1n) is 7.75. The molecule has 1 amide bonds. The molecule has 0 bridgehead atoms. The number of carbonyl (C=O) groups excluding carboxylic acids is 3. The second-order valence-corrected chi connectivity index (χ2v) is 5.49. The molecule has 0 heterocycles. The molecule has 0 fully saturated rings. The molecule has 1 aromatic carbocycles. The van der Waals surface area contributed by atoms with Gasteiger partial charge >= 0.3 is 24.1 Å². The summed E-state index contributed by atoms with van der Waals surface area (Å²) in [6.07, 6.45) is -4.44. The summed E-state index contributed by atoms with van der Waals surface area (Å²) < 4.78 is 36.1. The van der Waals surface area contributed by atoms with Gasteiger partial charge in [-0.05, 0) is 36.3 Å². The quantitative estimate of drug-likeness (QED) is 0.216. The zero-order chi connectivity index (χ0) is 22.2. The maximum absolute atomic E-state index is 12.0. The summed E-state index contributed by atoms with van der Waals surface area (Å²) in [6, 6.07) is 2.75. The summed E-state index contributed by atoms with van der Waals surface area (Å²) in [5.41, 5.74) is 12.3. The van der Waals surface area contributed by atoms with Gasteiger partial charge in [-0.1, -0.05) is 0 Å². The number of nitrogen functional groups attached to an aromatic ring is 2. The largest absolute Gasteiger partial charge is 0.495 e. The second kappa shape index (κ2) is 9.96. The Morgan fingerprint density at radius 2 is 1.83 bits per heavy atom. The number of nitrogens with two attached hydrogens (primary N) is 2. The van der Waals surface area contributed by atoms with Crippen molar-refractivity contribution in [1.82, 2.24) is 5.32 Å². The van der Waals surface area contributed by atoms with E-state index in [1.54, 1.807) is 0 Å². The van der Waals surface area contributed by atoms with Crippen molar-refractivity contribution >= 4 is 41.3 Å². The molecule has 0 unspecified atom stereocenters. The van der Waals surface area contributed by atoms with Gasteiger partial charge in [0.05, 0.1) is 0 Å². The number of carboxylic acid groups (broad SMARTS) is 1. The van der Waals surface area contributed by atoms with Crippen LogP contribution in [0.15, 0.2) is 24.3 Å². The number of halogens is 3. The van der Waals surface area contributed by atoms with Crippen LogP contribution < -0.4 is 16.8 Å². The first-order chi connectivity index (χ1) is 13.4. The average molecular weight is 419 g/mol. The summed E-state index contributed by atoms with van der Waals surface area (Å²) in [4.78, 5) is 52.0.